The second-order valence-electron chi connectivity index (χ2n) is 4.70. The van der Waals surface area contributed by atoms with Crippen molar-refractivity contribution in [2.45, 2.75) is 23.8 Å². The van der Waals surface area contributed by atoms with Crippen LogP contribution in [0.2, 0.25) is 0 Å². The van der Waals surface area contributed by atoms with Gasteiger partial charge in [0.1, 0.15) is 0 Å². The Morgan fingerprint density at radius 2 is 2.37 bits per heavy atom. The molecular weight excluding hydrogens is 266 g/mol. The van der Waals surface area contributed by atoms with Crippen LogP contribution in [0.4, 0.5) is 0 Å². The van der Waals surface area contributed by atoms with Gasteiger partial charge in [-0.2, -0.15) is 4.31 Å². The number of methoxy groups -OCH3 is 1. The maximum atomic E-state index is 12.5. The van der Waals surface area contributed by atoms with Gasteiger partial charge in [-0.05, 0) is 25.5 Å². The van der Waals surface area contributed by atoms with E-state index in [2.05, 4.69) is 10.3 Å². The van der Waals surface area contributed by atoms with Gasteiger partial charge in [0, 0.05) is 38.6 Å². The molecule has 1 fully saturated rings. The molecule has 0 amide bonds. The summed E-state index contributed by atoms with van der Waals surface area (Å²) in [5.41, 5.74) is 0. The second-order valence-corrected chi connectivity index (χ2v) is 6.63. The number of sulfonamides is 1. The van der Waals surface area contributed by atoms with Gasteiger partial charge in [-0.15, -0.1) is 0 Å². The summed E-state index contributed by atoms with van der Waals surface area (Å²) in [4.78, 5) is 3.09. The molecule has 6 nitrogen and oxygen atoms in total. The Labute approximate surface area is 114 Å². The molecule has 0 spiro atoms. The quantitative estimate of drug-likeness (QED) is 0.761. The third kappa shape index (κ3) is 3.56. The monoisotopic (exact) mass is 287 g/mol. The summed E-state index contributed by atoms with van der Waals surface area (Å²) >= 11 is 0. The van der Waals surface area contributed by atoms with Crippen molar-refractivity contribution in [2.75, 3.05) is 33.4 Å². The van der Waals surface area contributed by atoms with Gasteiger partial charge in [0.25, 0.3) is 0 Å². The number of H-pyrrole nitrogens is 1. The summed E-state index contributed by atoms with van der Waals surface area (Å²) in [6, 6.07) is 1.82. The van der Waals surface area contributed by atoms with Crippen molar-refractivity contribution >= 4 is 10.0 Å². The first-order valence-electron chi connectivity index (χ1n) is 6.50. The average molecular weight is 287 g/mol. The van der Waals surface area contributed by atoms with Gasteiger partial charge in [-0.3, -0.25) is 0 Å². The maximum absolute atomic E-state index is 12.5. The average Bonchev–Trinajstić information content (AvgIpc) is 3.06. The highest BCUT2D eigenvalue weighted by Gasteiger charge is 2.28. The molecule has 0 aromatic carbocycles. The Morgan fingerprint density at radius 1 is 1.53 bits per heavy atom. The molecular formula is C12H21N3O3S. The summed E-state index contributed by atoms with van der Waals surface area (Å²) in [6.07, 6.45) is 5.26. The Hall–Kier alpha value is -0.890. The van der Waals surface area contributed by atoms with Crippen molar-refractivity contribution in [2.24, 2.45) is 0 Å². The van der Waals surface area contributed by atoms with E-state index in [9.17, 15) is 8.42 Å². The molecule has 0 aliphatic carbocycles. The molecule has 1 aromatic rings. The van der Waals surface area contributed by atoms with E-state index in [4.69, 9.17) is 4.74 Å². The highest BCUT2D eigenvalue weighted by Crippen LogP contribution is 2.17. The zero-order valence-electron chi connectivity index (χ0n) is 11.1. The molecule has 0 saturated carbocycles. The summed E-state index contributed by atoms with van der Waals surface area (Å²) in [5.74, 6) is 0. The van der Waals surface area contributed by atoms with Gasteiger partial charge in [-0.1, -0.05) is 0 Å². The minimum Gasteiger partial charge on any atom is -0.383 e. The predicted molar refractivity (Wildman–Crippen MR) is 72.5 cm³/mol. The molecule has 19 heavy (non-hydrogen) atoms. The molecule has 2 N–H and O–H groups in total. The zero-order valence-corrected chi connectivity index (χ0v) is 11.9. The van der Waals surface area contributed by atoms with Crippen LogP contribution in [-0.2, 0) is 14.8 Å². The van der Waals surface area contributed by atoms with Crippen LogP contribution in [0.25, 0.3) is 0 Å². The minimum atomic E-state index is -3.44. The van der Waals surface area contributed by atoms with Crippen LogP contribution in [0.1, 0.15) is 12.8 Å². The topological polar surface area (TPSA) is 74.4 Å². The third-order valence-corrected chi connectivity index (χ3v) is 5.20. The zero-order chi connectivity index (χ0) is 13.7. The van der Waals surface area contributed by atoms with Gasteiger partial charge in [0.15, 0.2) is 0 Å². The van der Waals surface area contributed by atoms with Crippen LogP contribution < -0.4 is 5.32 Å². The SMILES string of the molecule is COCCN(CC1CCCN1)S(=O)(=O)c1cc[nH]c1. The summed E-state index contributed by atoms with van der Waals surface area (Å²) in [7, 11) is -1.86. The summed E-state index contributed by atoms with van der Waals surface area (Å²) < 4.78 is 31.5. The fraction of sp³-hybridized carbons (Fsp3) is 0.667. The Bertz CT molecular complexity index is 466. The van der Waals surface area contributed by atoms with Crippen molar-refractivity contribution in [1.82, 2.24) is 14.6 Å². The number of hydrogen-bond acceptors (Lipinski definition) is 4. The van der Waals surface area contributed by atoms with Crippen LogP contribution >= 0.6 is 0 Å². The van der Waals surface area contributed by atoms with E-state index in [0.29, 0.717) is 24.6 Å². The smallest absolute Gasteiger partial charge is 0.244 e. The lowest BCUT2D eigenvalue weighted by molar-refractivity contribution is 0.176. The number of hydrogen-bond donors (Lipinski definition) is 2. The summed E-state index contributed by atoms with van der Waals surface area (Å²) in [5, 5.41) is 3.33. The van der Waals surface area contributed by atoms with Crippen molar-refractivity contribution in [3.05, 3.63) is 18.5 Å². The van der Waals surface area contributed by atoms with Gasteiger partial charge in [0.05, 0.1) is 11.5 Å². The van der Waals surface area contributed by atoms with E-state index in [1.807, 2.05) is 0 Å². The molecule has 0 bridgehead atoms. The van der Waals surface area contributed by atoms with Crippen molar-refractivity contribution in [3.8, 4) is 0 Å². The number of rotatable bonds is 7. The number of aromatic nitrogens is 1. The molecule has 2 heterocycles. The van der Waals surface area contributed by atoms with Crippen LogP contribution in [0.5, 0.6) is 0 Å². The first kappa shape index (κ1) is 14.5. The fourth-order valence-corrected chi connectivity index (χ4v) is 3.73. The second kappa shape index (κ2) is 6.51. The van der Waals surface area contributed by atoms with Crippen molar-refractivity contribution in [3.63, 3.8) is 0 Å². The molecule has 1 aliphatic heterocycles. The molecule has 108 valence electrons. The maximum Gasteiger partial charge on any atom is 0.244 e. The van der Waals surface area contributed by atoms with E-state index >= 15 is 0 Å². The molecule has 1 unspecified atom stereocenters. The Morgan fingerprint density at radius 3 is 2.95 bits per heavy atom. The molecule has 0 radical (unpaired) electrons. The largest absolute Gasteiger partial charge is 0.383 e. The van der Waals surface area contributed by atoms with E-state index in [-0.39, 0.29) is 6.04 Å². The lowest BCUT2D eigenvalue weighted by Gasteiger charge is -2.24. The summed E-state index contributed by atoms with van der Waals surface area (Å²) in [6.45, 7) is 2.24. The molecule has 1 atom stereocenters. The number of nitrogens with zero attached hydrogens (tertiary/aromatic N) is 1. The Balaban J connectivity index is 2.11. The van der Waals surface area contributed by atoms with Crippen molar-refractivity contribution < 1.29 is 13.2 Å². The molecule has 7 heteroatoms. The number of aromatic amines is 1. The predicted octanol–water partition coefficient (Wildman–Crippen LogP) is 0.404. The van der Waals surface area contributed by atoms with Gasteiger partial charge < -0.3 is 15.0 Å². The van der Waals surface area contributed by atoms with Crippen LogP contribution in [0.3, 0.4) is 0 Å². The van der Waals surface area contributed by atoms with E-state index in [1.54, 1.807) is 19.4 Å². The van der Waals surface area contributed by atoms with Crippen molar-refractivity contribution in [1.29, 1.82) is 0 Å². The molecule has 1 aliphatic rings. The minimum absolute atomic E-state index is 0.241. The first-order valence-corrected chi connectivity index (χ1v) is 7.94. The van der Waals surface area contributed by atoms with Crippen LogP contribution in [0, 0.1) is 0 Å². The number of nitrogens with one attached hydrogen (secondary N) is 2. The van der Waals surface area contributed by atoms with Crippen LogP contribution in [0.15, 0.2) is 23.4 Å². The molecule has 2 rings (SSSR count). The lowest BCUT2D eigenvalue weighted by atomic mass is 10.2. The van der Waals surface area contributed by atoms with Crippen LogP contribution in [-0.4, -0.2) is 57.1 Å². The Kier molecular flexibility index (Phi) is 4.98. The molecule has 1 saturated heterocycles. The highest BCUT2D eigenvalue weighted by molar-refractivity contribution is 7.89. The highest BCUT2D eigenvalue weighted by atomic mass is 32.2. The molecule has 1 aromatic heterocycles. The standard InChI is InChI=1S/C12H21N3O3S/c1-18-8-7-15(10-11-3-2-5-14-11)19(16,17)12-4-6-13-9-12/h4,6,9,11,13-14H,2-3,5,7-8,10H2,1H3. The fourth-order valence-electron chi connectivity index (χ4n) is 2.28. The third-order valence-electron chi connectivity index (χ3n) is 3.34. The van der Waals surface area contributed by atoms with Gasteiger partial charge in [0.2, 0.25) is 10.0 Å². The number of ether oxygens (including phenoxy) is 1. The van der Waals surface area contributed by atoms with Gasteiger partial charge in [-0.25, -0.2) is 8.42 Å². The normalized spacial score (nSPS) is 20.2. The van der Waals surface area contributed by atoms with E-state index < -0.39 is 10.0 Å². The van der Waals surface area contributed by atoms with Gasteiger partial charge >= 0.3 is 0 Å². The van der Waals surface area contributed by atoms with E-state index in [1.165, 1.54) is 10.5 Å². The van der Waals surface area contributed by atoms with E-state index in [0.717, 1.165) is 19.4 Å². The lowest BCUT2D eigenvalue weighted by Crippen LogP contribution is -2.42. The first-order chi connectivity index (χ1) is 9.14.